The van der Waals surface area contributed by atoms with Crippen LogP contribution in [-0.2, 0) is 6.54 Å². The van der Waals surface area contributed by atoms with E-state index in [1.165, 1.54) is 43.5 Å². The van der Waals surface area contributed by atoms with Crippen LogP contribution in [0.4, 0.5) is 0 Å². The quantitative estimate of drug-likeness (QED) is 0.566. The molecule has 2 heterocycles. The van der Waals surface area contributed by atoms with Gasteiger partial charge in [0.2, 0.25) is 0 Å². The summed E-state index contributed by atoms with van der Waals surface area (Å²) in [5.41, 5.74) is 2.85. The monoisotopic (exact) mass is 466 g/mol. The molecule has 0 bridgehead atoms. The predicted molar refractivity (Wildman–Crippen MR) is 138 cm³/mol. The number of benzene rings is 2. The lowest BCUT2D eigenvalue weighted by molar-refractivity contribution is -0.0170. The summed E-state index contributed by atoms with van der Waals surface area (Å²) in [7, 11) is 0. The number of rotatable bonds is 9. The molecule has 0 unspecified atom stereocenters. The first-order valence-corrected chi connectivity index (χ1v) is 13.1. The number of nitrogens with zero attached hydrogens (tertiary/aromatic N) is 2. The SMILES string of the molecule is Cc1ccc(OC[C@]2(O)CCCN(Cc3cccc(OCCN4CCCCC4)c3)CC2)c(C)c1. The van der Waals surface area contributed by atoms with Gasteiger partial charge in [-0.05, 0) is 94.9 Å². The van der Waals surface area contributed by atoms with Gasteiger partial charge < -0.3 is 14.6 Å². The van der Waals surface area contributed by atoms with Crippen molar-refractivity contribution in [2.75, 3.05) is 45.9 Å². The molecule has 5 nitrogen and oxygen atoms in total. The third kappa shape index (κ3) is 7.46. The van der Waals surface area contributed by atoms with E-state index in [9.17, 15) is 5.11 Å². The molecule has 0 spiro atoms. The first-order valence-electron chi connectivity index (χ1n) is 13.1. The van der Waals surface area contributed by atoms with E-state index in [-0.39, 0.29) is 0 Å². The highest BCUT2D eigenvalue weighted by Gasteiger charge is 2.31. The Morgan fingerprint density at radius 1 is 0.853 bits per heavy atom. The Balaban J connectivity index is 1.24. The topological polar surface area (TPSA) is 45.2 Å². The Morgan fingerprint density at radius 3 is 2.50 bits per heavy atom. The highest BCUT2D eigenvalue weighted by atomic mass is 16.5. The van der Waals surface area contributed by atoms with Crippen LogP contribution in [0.15, 0.2) is 42.5 Å². The molecule has 1 N–H and O–H groups in total. The maximum Gasteiger partial charge on any atom is 0.122 e. The standard InChI is InChI=1S/C29H42N2O3/c1-24-10-11-28(25(2)20-24)34-23-29(32)12-7-16-31(17-13-29)22-26-8-6-9-27(21-26)33-19-18-30-14-4-3-5-15-30/h6,8-11,20-21,32H,3-5,7,12-19,22-23H2,1-2H3/t29-/m0/s1. The van der Waals surface area contributed by atoms with Crippen molar-refractivity contribution in [3.8, 4) is 11.5 Å². The van der Waals surface area contributed by atoms with Gasteiger partial charge in [-0.1, -0.05) is 36.2 Å². The molecule has 0 saturated carbocycles. The minimum Gasteiger partial charge on any atom is -0.492 e. The number of ether oxygens (including phenoxy) is 2. The van der Waals surface area contributed by atoms with Gasteiger partial charge in [0.25, 0.3) is 0 Å². The second kappa shape index (κ2) is 12.1. The third-order valence-electron chi connectivity index (χ3n) is 7.27. The molecule has 0 amide bonds. The molecule has 2 aliphatic rings. The zero-order valence-corrected chi connectivity index (χ0v) is 21.1. The molecule has 34 heavy (non-hydrogen) atoms. The molecule has 5 heteroatoms. The smallest absolute Gasteiger partial charge is 0.122 e. The fraction of sp³-hybridized carbons (Fsp3) is 0.586. The lowest BCUT2D eigenvalue weighted by Crippen LogP contribution is -2.37. The molecular weight excluding hydrogens is 424 g/mol. The Morgan fingerprint density at radius 2 is 1.68 bits per heavy atom. The summed E-state index contributed by atoms with van der Waals surface area (Å²) in [6, 6.07) is 14.7. The lowest BCUT2D eigenvalue weighted by atomic mass is 9.96. The van der Waals surface area contributed by atoms with Crippen molar-refractivity contribution < 1.29 is 14.6 Å². The fourth-order valence-electron chi connectivity index (χ4n) is 5.18. The third-order valence-corrected chi connectivity index (χ3v) is 7.27. The number of hydrogen-bond acceptors (Lipinski definition) is 5. The van der Waals surface area contributed by atoms with E-state index < -0.39 is 5.60 Å². The van der Waals surface area contributed by atoms with Crippen molar-refractivity contribution in [2.45, 2.75) is 64.5 Å². The molecule has 2 fully saturated rings. The van der Waals surface area contributed by atoms with E-state index in [0.717, 1.165) is 69.1 Å². The number of hydrogen-bond donors (Lipinski definition) is 1. The second-order valence-electron chi connectivity index (χ2n) is 10.3. The van der Waals surface area contributed by atoms with Crippen molar-refractivity contribution in [3.05, 3.63) is 59.2 Å². The summed E-state index contributed by atoms with van der Waals surface area (Å²) < 4.78 is 12.1. The molecule has 2 aromatic rings. The Bertz CT molecular complexity index is 912. The first-order chi connectivity index (χ1) is 16.5. The molecule has 2 aliphatic heterocycles. The van der Waals surface area contributed by atoms with Gasteiger partial charge in [0.1, 0.15) is 24.7 Å². The molecule has 2 aromatic carbocycles. The summed E-state index contributed by atoms with van der Waals surface area (Å²) in [5, 5.41) is 11.2. The first kappa shape index (κ1) is 25.0. The van der Waals surface area contributed by atoms with Crippen LogP contribution in [0.5, 0.6) is 11.5 Å². The molecule has 4 rings (SSSR count). The number of likely N-dealkylation sites (tertiary alicyclic amines) is 2. The number of aryl methyl sites for hydroxylation is 2. The van der Waals surface area contributed by atoms with Crippen LogP contribution in [0.1, 0.15) is 55.2 Å². The van der Waals surface area contributed by atoms with E-state index in [1.807, 2.05) is 6.07 Å². The van der Waals surface area contributed by atoms with E-state index in [0.29, 0.717) is 6.61 Å². The maximum atomic E-state index is 11.2. The van der Waals surface area contributed by atoms with Crippen LogP contribution in [0.25, 0.3) is 0 Å². The number of aliphatic hydroxyl groups is 1. The molecule has 0 aliphatic carbocycles. The van der Waals surface area contributed by atoms with Crippen LogP contribution < -0.4 is 9.47 Å². The molecule has 0 aromatic heterocycles. The zero-order valence-electron chi connectivity index (χ0n) is 21.1. The Hall–Kier alpha value is -2.08. The van der Waals surface area contributed by atoms with Crippen LogP contribution >= 0.6 is 0 Å². The van der Waals surface area contributed by atoms with Crippen molar-refractivity contribution in [1.29, 1.82) is 0 Å². The molecule has 0 radical (unpaired) electrons. The Labute approximate surface area is 205 Å². The average molecular weight is 467 g/mol. The average Bonchev–Trinajstić information content (AvgIpc) is 3.01. The zero-order chi connectivity index (χ0) is 23.8. The summed E-state index contributed by atoms with van der Waals surface area (Å²) >= 11 is 0. The van der Waals surface area contributed by atoms with Crippen LogP contribution in [0.3, 0.4) is 0 Å². The van der Waals surface area contributed by atoms with Gasteiger partial charge in [0, 0.05) is 19.6 Å². The summed E-state index contributed by atoms with van der Waals surface area (Å²) in [6.07, 6.45) is 6.47. The fourth-order valence-corrected chi connectivity index (χ4v) is 5.18. The van der Waals surface area contributed by atoms with E-state index in [1.54, 1.807) is 0 Å². The molecule has 1 atom stereocenters. The summed E-state index contributed by atoms with van der Waals surface area (Å²) in [4.78, 5) is 4.96. The van der Waals surface area contributed by atoms with Gasteiger partial charge in [-0.2, -0.15) is 0 Å². The van der Waals surface area contributed by atoms with Crippen LogP contribution in [0, 0.1) is 13.8 Å². The van der Waals surface area contributed by atoms with Crippen molar-refractivity contribution in [3.63, 3.8) is 0 Å². The predicted octanol–water partition coefficient (Wildman–Crippen LogP) is 4.96. The van der Waals surface area contributed by atoms with Crippen molar-refractivity contribution in [2.24, 2.45) is 0 Å². The maximum absolute atomic E-state index is 11.2. The molecular formula is C29H42N2O3. The minimum atomic E-state index is -0.772. The van der Waals surface area contributed by atoms with Gasteiger partial charge in [0.05, 0.1) is 5.60 Å². The van der Waals surface area contributed by atoms with E-state index >= 15 is 0 Å². The summed E-state index contributed by atoms with van der Waals surface area (Å²) in [5.74, 6) is 1.83. The lowest BCUT2D eigenvalue weighted by Gasteiger charge is -2.27. The number of piperidine rings is 1. The van der Waals surface area contributed by atoms with E-state index in [4.69, 9.17) is 9.47 Å². The van der Waals surface area contributed by atoms with Gasteiger partial charge in [-0.25, -0.2) is 0 Å². The largest absolute Gasteiger partial charge is 0.492 e. The highest BCUT2D eigenvalue weighted by molar-refractivity contribution is 5.35. The second-order valence-corrected chi connectivity index (χ2v) is 10.3. The van der Waals surface area contributed by atoms with Crippen LogP contribution in [0.2, 0.25) is 0 Å². The minimum absolute atomic E-state index is 0.352. The highest BCUT2D eigenvalue weighted by Crippen LogP contribution is 2.27. The van der Waals surface area contributed by atoms with Crippen molar-refractivity contribution in [1.82, 2.24) is 9.80 Å². The normalized spacial score (nSPS) is 22.3. The van der Waals surface area contributed by atoms with Crippen molar-refractivity contribution >= 4 is 0 Å². The van der Waals surface area contributed by atoms with E-state index in [2.05, 4.69) is 60.0 Å². The Kier molecular flexibility index (Phi) is 8.87. The van der Waals surface area contributed by atoms with Gasteiger partial charge in [0.15, 0.2) is 0 Å². The van der Waals surface area contributed by atoms with Gasteiger partial charge in [-0.15, -0.1) is 0 Å². The van der Waals surface area contributed by atoms with Gasteiger partial charge >= 0.3 is 0 Å². The van der Waals surface area contributed by atoms with Crippen LogP contribution in [-0.4, -0.2) is 66.4 Å². The molecule has 2 saturated heterocycles. The van der Waals surface area contributed by atoms with Gasteiger partial charge in [-0.3, -0.25) is 9.80 Å². The molecule has 186 valence electrons. The summed E-state index contributed by atoms with van der Waals surface area (Å²) in [6.45, 7) is 11.4.